The average molecular weight is 650 g/mol. The Morgan fingerprint density at radius 3 is 2.04 bits per heavy atom. The number of carbonyl (C=O) groups is 2. The molecule has 0 aromatic heterocycles. The minimum atomic E-state index is -4.41. The lowest BCUT2D eigenvalue weighted by molar-refractivity contribution is -0.140. The molecule has 1 N–H and O–H groups in total. The quantitative estimate of drug-likeness (QED) is 0.200. The molecule has 1 unspecified atom stereocenters. The number of sulfonamides is 1. The minimum absolute atomic E-state index is 0.0270. The molecule has 4 aromatic rings. The van der Waals surface area contributed by atoms with E-state index in [0.29, 0.717) is 10.6 Å². The lowest BCUT2D eigenvalue weighted by Gasteiger charge is -2.35. The summed E-state index contributed by atoms with van der Waals surface area (Å²) in [4.78, 5) is 29.6. The maximum absolute atomic E-state index is 15.2. The van der Waals surface area contributed by atoms with E-state index in [2.05, 4.69) is 5.32 Å². The molecule has 0 aliphatic heterocycles. The summed E-state index contributed by atoms with van der Waals surface area (Å²) in [6, 6.07) is 26.5. The molecule has 1 atom stereocenters. The molecule has 2 amide bonds. The van der Waals surface area contributed by atoms with E-state index in [1.165, 1.54) is 35.2 Å². The van der Waals surface area contributed by atoms with Gasteiger partial charge in [-0.05, 0) is 75.2 Å². The number of carbonyl (C=O) groups excluding carboxylic acids is 2. The number of hydrogen-bond donors (Lipinski definition) is 1. The van der Waals surface area contributed by atoms with Gasteiger partial charge < -0.3 is 10.2 Å². The van der Waals surface area contributed by atoms with Crippen molar-refractivity contribution in [1.82, 2.24) is 10.2 Å². The molecular formula is C35H37ClFN3O4S. The molecule has 0 spiro atoms. The van der Waals surface area contributed by atoms with Crippen molar-refractivity contribution in [3.8, 4) is 0 Å². The number of hydrogen-bond acceptors (Lipinski definition) is 4. The summed E-state index contributed by atoms with van der Waals surface area (Å²) >= 11 is 6.12. The molecule has 45 heavy (non-hydrogen) atoms. The van der Waals surface area contributed by atoms with E-state index in [4.69, 9.17) is 11.6 Å². The second-order valence-corrected chi connectivity index (χ2v) is 14.2. The molecule has 0 saturated heterocycles. The van der Waals surface area contributed by atoms with Gasteiger partial charge in [0.2, 0.25) is 11.8 Å². The number of anilines is 1. The van der Waals surface area contributed by atoms with Crippen LogP contribution >= 0.6 is 11.6 Å². The second kappa shape index (κ2) is 14.3. The van der Waals surface area contributed by atoms with Gasteiger partial charge in [-0.15, -0.1) is 0 Å². The third-order valence-electron chi connectivity index (χ3n) is 7.04. The highest BCUT2D eigenvalue weighted by Crippen LogP contribution is 2.27. The summed E-state index contributed by atoms with van der Waals surface area (Å²) in [6.45, 7) is 6.55. The Balaban J connectivity index is 1.82. The van der Waals surface area contributed by atoms with Crippen LogP contribution in [0.1, 0.15) is 37.5 Å². The number of aryl methyl sites for hydroxylation is 1. The summed E-state index contributed by atoms with van der Waals surface area (Å²) in [5.74, 6) is -1.90. The van der Waals surface area contributed by atoms with E-state index in [-0.39, 0.29) is 23.5 Å². The first-order valence-corrected chi connectivity index (χ1v) is 16.3. The highest BCUT2D eigenvalue weighted by atomic mass is 35.5. The Kier molecular flexibility index (Phi) is 10.7. The Morgan fingerprint density at radius 1 is 0.844 bits per heavy atom. The van der Waals surface area contributed by atoms with Gasteiger partial charge in [0.05, 0.1) is 10.6 Å². The zero-order valence-electron chi connectivity index (χ0n) is 25.7. The van der Waals surface area contributed by atoms with E-state index >= 15 is 4.39 Å². The number of nitrogens with zero attached hydrogens (tertiary/aromatic N) is 2. The van der Waals surface area contributed by atoms with Gasteiger partial charge in [0, 0.05) is 23.5 Å². The molecule has 0 bridgehead atoms. The van der Waals surface area contributed by atoms with Crippen molar-refractivity contribution in [3.05, 3.63) is 131 Å². The maximum atomic E-state index is 15.2. The van der Waals surface area contributed by atoms with E-state index in [1.54, 1.807) is 36.4 Å². The zero-order valence-corrected chi connectivity index (χ0v) is 27.3. The Morgan fingerprint density at radius 2 is 1.44 bits per heavy atom. The smallest absolute Gasteiger partial charge is 0.264 e. The third-order valence-corrected chi connectivity index (χ3v) is 9.07. The van der Waals surface area contributed by atoms with E-state index < -0.39 is 45.8 Å². The maximum Gasteiger partial charge on any atom is 0.264 e. The largest absolute Gasteiger partial charge is 0.350 e. The lowest BCUT2D eigenvalue weighted by atomic mass is 10.0. The topological polar surface area (TPSA) is 86.8 Å². The van der Waals surface area contributed by atoms with Crippen molar-refractivity contribution in [3.63, 3.8) is 0 Å². The van der Waals surface area contributed by atoms with Gasteiger partial charge in [0.25, 0.3) is 10.0 Å². The molecule has 0 aliphatic carbocycles. The van der Waals surface area contributed by atoms with Gasteiger partial charge >= 0.3 is 0 Å². The SMILES string of the molecule is Cc1ccc(S(=O)(=O)N(CC(=O)N(Cc2ccc(Cl)cc2)C(Cc2ccccc2)C(=O)NC(C)(C)C)c2ccccc2F)cc1. The third kappa shape index (κ3) is 8.93. The Bertz CT molecular complexity index is 1730. The van der Waals surface area contributed by atoms with Crippen molar-refractivity contribution in [2.24, 2.45) is 0 Å². The first-order chi connectivity index (χ1) is 21.2. The first kappa shape index (κ1) is 33.7. The number of rotatable bonds is 11. The molecular weight excluding hydrogens is 613 g/mol. The minimum Gasteiger partial charge on any atom is -0.350 e. The molecule has 0 heterocycles. The average Bonchev–Trinajstić information content (AvgIpc) is 2.99. The number of amides is 2. The molecule has 4 rings (SSSR count). The predicted octanol–water partition coefficient (Wildman–Crippen LogP) is 6.54. The van der Waals surface area contributed by atoms with Crippen LogP contribution in [0.5, 0.6) is 0 Å². The molecule has 0 fully saturated rings. The number of benzene rings is 4. The van der Waals surface area contributed by atoms with Crippen molar-refractivity contribution < 1.29 is 22.4 Å². The Labute approximate surface area is 269 Å². The summed E-state index contributed by atoms with van der Waals surface area (Å²) in [6.07, 6.45) is 0.159. The molecule has 0 aliphatic rings. The highest BCUT2D eigenvalue weighted by molar-refractivity contribution is 7.92. The zero-order chi connectivity index (χ0) is 32.8. The van der Waals surface area contributed by atoms with Crippen molar-refractivity contribution in [1.29, 1.82) is 0 Å². The van der Waals surface area contributed by atoms with Gasteiger partial charge in [0.15, 0.2) is 0 Å². The molecule has 236 valence electrons. The van der Waals surface area contributed by atoms with Crippen LogP contribution < -0.4 is 9.62 Å². The number of nitrogens with one attached hydrogen (secondary N) is 1. The van der Waals surface area contributed by atoms with Crippen LogP contribution in [0.3, 0.4) is 0 Å². The molecule has 0 saturated carbocycles. The fourth-order valence-electron chi connectivity index (χ4n) is 4.80. The van der Waals surface area contributed by atoms with Gasteiger partial charge in [-0.25, -0.2) is 12.8 Å². The Hall–Kier alpha value is -4.21. The summed E-state index contributed by atoms with van der Waals surface area (Å²) < 4.78 is 44.1. The fourth-order valence-corrected chi connectivity index (χ4v) is 6.35. The lowest BCUT2D eigenvalue weighted by Crippen LogP contribution is -2.56. The molecule has 0 radical (unpaired) electrons. The summed E-state index contributed by atoms with van der Waals surface area (Å²) in [5, 5.41) is 3.48. The fraction of sp³-hybridized carbons (Fsp3) is 0.257. The van der Waals surface area contributed by atoms with Crippen LogP contribution in [0.2, 0.25) is 5.02 Å². The molecule has 7 nitrogen and oxygen atoms in total. The van der Waals surface area contributed by atoms with E-state index in [1.807, 2.05) is 58.0 Å². The molecule has 10 heteroatoms. The van der Waals surface area contributed by atoms with Gasteiger partial charge in [-0.3, -0.25) is 13.9 Å². The van der Waals surface area contributed by atoms with E-state index in [0.717, 1.165) is 21.5 Å². The first-order valence-electron chi connectivity index (χ1n) is 14.5. The van der Waals surface area contributed by atoms with Crippen LogP contribution in [0.25, 0.3) is 0 Å². The van der Waals surface area contributed by atoms with Crippen LogP contribution in [-0.4, -0.2) is 43.3 Å². The van der Waals surface area contributed by atoms with Gasteiger partial charge in [-0.2, -0.15) is 0 Å². The number of halogens is 2. The van der Waals surface area contributed by atoms with Crippen LogP contribution in [0, 0.1) is 12.7 Å². The summed E-state index contributed by atoms with van der Waals surface area (Å²) in [5.41, 5.74) is 1.42. The normalized spacial score (nSPS) is 12.3. The van der Waals surface area contributed by atoms with E-state index in [9.17, 15) is 18.0 Å². The van der Waals surface area contributed by atoms with Crippen LogP contribution in [0.15, 0.2) is 108 Å². The van der Waals surface area contributed by atoms with Crippen molar-refractivity contribution in [2.45, 2.75) is 57.1 Å². The summed E-state index contributed by atoms with van der Waals surface area (Å²) in [7, 11) is -4.41. The highest BCUT2D eigenvalue weighted by Gasteiger charge is 2.36. The standard InChI is InChI=1S/C35H37ClFN3O4S/c1-25-14-20-29(21-15-25)45(43,44)40(31-13-9-8-12-30(31)37)24-33(41)39(23-27-16-18-28(36)19-17-27)32(34(42)38-35(2,3)4)22-26-10-6-5-7-11-26/h5-21,32H,22-24H2,1-4H3,(H,38,42). The van der Waals surface area contributed by atoms with Gasteiger partial charge in [0.1, 0.15) is 18.4 Å². The predicted molar refractivity (Wildman–Crippen MR) is 176 cm³/mol. The monoisotopic (exact) mass is 649 g/mol. The van der Waals surface area contributed by atoms with Crippen LogP contribution in [0.4, 0.5) is 10.1 Å². The second-order valence-electron chi connectivity index (χ2n) is 11.9. The van der Waals surface area contributed by atoms with Crippen molar-refractivity contribution >= 4 is 39.1 Å². The van der Waals surface area contributed by atoms with Crippen LogP contribution in [-0.2, 0) is 32.6 Å². The van der Waals surface area contributed by atoms with Gasteiger partial charge in [-0.1, -0.05) is 83.9 Å². The number of para-hydroxylation sites is 1. The molecule has 4 aromatic carbocycles. The van der Waals surface area contributed by atoms with Crippen molar-refractivity contribution in [2.75, 3.05) is 10.8 Å².